The Morgan fingerprint density at radius 2 is 2.00 bits per heavy atom. The maximum Gasteiger partial charge on any atom is 0.270 e. The van der Waals surface area contributed by atoms with Gasteiger partial charge in [-0.2, -0.15) is 4.31 Å². The summed E-state index contributed by atoms with van der Waals surface area (Å²) in [6, 6.07) is 4.20. The number of anilines is 1. The molecular weight excluding hydrogens is 346 g/mol. The molecule has 2 aliphatic rings. The van der Waals surface area contributed by atoms with Crippen LogP contribution in [0, 0.1) is 16.0 Å². The van der Waals surface area contributed by atoms with Crippen LogP contribution in [0.4, 0.5) is 11.4 Å². The van der Waals surface area contributed by atoms with Gasteiger partial charge in [0.25, 0.3) is 5.69 Å². The van der Waals surface area contributed by atoms with E-state index in [0.717, 1.165) is 25.3 Å². The van der Waals surface area contributed by atoms with E-state index < -0.39 is 14.9 Å². The largest absolute Gasteiger partial charge is 0.381 e. The zero-order chi connectivity index (χ0) is 18.0. The maximum absolute atomic E-state index is 13.0. The number of sulfonamides is 1. The summed E-state index contributed by atoms with van der Waals surface area (Å²) in [4.78, 5) is 10.5. The molecule has 1 heterocycles. The van der Waals surface area contributed by atoms with E-state index in [0.29, 0.717) is 24.8 Å². The topological polar surface area (TPSA) is 102 Å². The van der Waals surface area contributed by atoms with E-state index >= 15 is 0 Å². The second kappa shape index (κ2) is 7.27. The molecule has 0 aromatic heterocycles. The summed E-state index contributed by atoms with van der Waals surface area (Å²) in [7, 11) is -3.82. The molecule has 138 valence electrons. The average molecular weight is 369 g/mol. The molecule has 1 aromatic rings. The molecule has 3 rings (SSSR count). The first-order chi connectivity index (χ1) is 11.9. The lowest BCUT2D eigenvalue weighted by Crippen LogP contribution is -2.41. The molecule has 8 nitrogen and oxygen atoms in total. The van der Waals surface area contributed by atoms with Crippen molar-refractivity contribution in [3.05, 3.63) is 28.3 Å². The van der Waals surface area contributed by atoms with Gasteiger partial charge >= 0.3 is 0 Å². The predicted octanol–water partition coefficient (Wildman–Crippen LogP) is 2.22. The molecule has 1 aliphatic heterocycles. The van der Waals surface area contributed by atoms with Crippen molar-refractivity contribution in [1.82, 2.24) is 4.31 Å². The van der Waals surface area contributed by atoms with Crippen LogP contribution in [-0.2, 0) is 14.8 Å². The normalized spacial score (nSPS) is 25.0. The molecular formula is C16H23N3O5S. The van der Waals surface area contributed by atoms with Crippen LogP contribution in [0.2, 0.25) is 0 Å². The highest BCUT2D eigenvalue weighted by molar-refractivity contribution is 7.89. The lowest BCUT2D eigenvalue weighted by Gasteiger charge is -2.27. The minimum atomic E-state index is -3.82. The number of benzene rings is 1. The summed E-state index contributed by atoms with van der Waals surface area (Å²) < 4.78 is 32.6. The average Bonchev–Trinajstić information content (AvgIpc) is 3.00. The molecule has 2 fully saturated rings. The Bertz CT molecular complexity index is 746. The van der Waals surface area contributed by atoms with Crippen LogP contribution >= 0.6 is 0 Å². The number of hydrogen-bond donors (Lipinski definition) is 1. The number of ether oxygens (including phenoxy) is 1. The molecule has 2 unspecified atom stereocenters. The van der Waals surface area contributed by atoms with Crippen molar-refractivity contribution in [3.63, 3.8) is 0 Å². The van der Waals surface area contributed by atoms with Crippen molar-refractivity contribution in [3.8, 4) is 0 Å². The van der Waals surface area contributed by atoms with Gasteiger partial charge in [-0.05, 0) is 31.2 Å². The van der Waals surface area contributed by atoms with E-state index in [9.17, 15) is 18.5 Å². The first kappa shape index (κ1) is 18.1. The van der Waals surface area contributed by atoms with E-state index in [1.54, 1.807) is 0 Å². The van der Waals surface area contributed by atoms with Crippen LogP contribution in [0.3, 0.4) is 0 Å². The van der Waals surface area contributed by atoms with Crippen molar-refractivity contribution < 1.29 is 18.1 Å². The summed E-state index contributed by atoms with van der Waals surface area (Å²) in [6.45, 7) is 3.34. The standard InChI is InChI=1S/C16H23N3O5S/c1-12-2-3-13(10-12)17-15-5-4-14(19(20)21)11-16(15)25(22,23)18-6-8-24-9-7-18/h4-5,11-13,17H,2-3,6-10H2,1H3. The summed E-state index contributed by atoms with van der Waals surface area (Å²) in [6.07, 6.45) is 3.03. The van der Waals surface area contributed by atoms with Gasteiger partial charge in [-0.1, -0.05) is 6.92 Å². The van der Waals surface area contributed by atoms with Crippen molar-refractivity contribution >= 4 is 21.4 Å². The summed E-state index contributed by atoms with van der Waals surface area (Å²) in [5.41, 5.74) is 0.216. The smallest absolute Gasteiger partial charge is 0.270 e. The maximum atomic E-state index is 13.0. The Hall–Kier alpha value is -1.71. The Balaban J connectivity index is 1.96. The third-order valence-electron chi connectivity index (χ3n) is 4.82. The minimum Gasteiger partial charge on any atom is -0.381 e. The predicted molar refractivity (Wildman–Crippen MR) is 93.1 cm³/mol. The Kier molecular flexibility index (Phi) is 5.26. The Morgan fingerprint density at radius 3 is 2.60 bits per heavy atom. The number of nitro benzene ring substituents is 1. The van der Waals surface area contributed by atoms with E-state index in [-0.39, 0.29) is 29.7 Å². The van der Waals surface area contributed by atoms with Crippen LogP contribution in [0.5, 0.6) is 0 Å². The highest BCUT2D eigenvalue weighted by Crippen LogP contribution is 2.33. The number of rotatable bonds is 5. The van der Waals surface area contributed by atoms with Crippen molar-refractivity contribution in [2.75, 3.05) is 31.6 Å². The number of non-ortho nitro benzene ring substituents is 1. The minimum absolute atomic E-state index is 0.0249. The molecule has 1 aromatic carbocycles. The number of nitro groups is 1. The third-order valence-corrected chi connectivity index (χ3v) is 6.76. The van der Waals surface area contributed by atoms with Gasteiger partial charge in [-0.25, -0.2) is 8.42 Å². The van der Waals surface area contributed by atoms with Gasteiger partial charge in [-0.3, -0.25) is 10.1 Å². The summed E-state index contributed by atoms with van der Waals surface area (Å²) in [5, 5.41) is 14.4. The number of nitrogens with zero attached hydrogens (tertiary/aromatic N) is 2. The number of hydrogen-bond acceptors (Lipinski definition) is 6. The fraction of sp³-hybridized carbons (Fsp3) is 0.625. The zero-order valence-corrected chi connectivity index (χ0v) is 15.0. The second-order valence-corrected chi connectivity index (χ2v) is 8.62. The molecule has 1 N–H and O–H groups in total. The van der Waals surface area contributed by atoms with Crippen LogP contribution < -0.4 is 5.32 Å². The summed E-state index contributed by atoms with van der Waals surface area (Å²) >= 11 is 0. The fourth-order valence-corrected chi connectivity index (χ4v) is 5.02. The number of morpholine rings is 1. The Morgan fingerprint density at radius 1 is 1.28 bits per heavy atom. The van der Waals surface area contributed by atoms with Gasteiger partial charge in [-0.15, -0.1) is 0 Å². The highest BCUT2D eigenvalue weighted by atomic mass is 32.2. The quantitative estimate of drug-likeness (QED) is 0.631. The first-order valence-electron chi connectivity index (χ1n) is 8.51. The molecule has 1 aliphatic carbocycles. The zero-order valence-electron chi connectivity index (χ0n) is 14.2. The molecule has 0 amide bonds. The SMILES string of the molecule is CC1CCC(Nc2ccc([N+](=O)[O-])cc2S(=O)(=O)N2CCOCC2)C1. The molecule has 0 spiro atoms. The molecule has 0 bridgehead atoms. The van der Waals surface area contributed by atoms with Gasteiger partial charge in [0, 0.05) is 31.3 Å². The monoisotopic (exact) mass is 369 g/mol. The molecule has 1 saturated heterocycles. The van der Waals surface area contributed by atoms with E-state index in [2.05, 4.69) is 12.2 Å². The molecule has 2 atom stereocenters. The van der Waals surface area contributed by atoms with E-state index in [1.165, 1.54) is 16.4 Å². The lowest BCUT2D eigenvalue weighted by molar-refractivity contribution is -0.385. The van der Waals surface area contributed by atoms with Crippen molar-refractivity contribution in [2.45, 2.75) is 37.1 Å². The van der Waals surface area contributed by atoms with Gasteiger partial charge in [0.05, 0.1) is 23.8 Å². The lowest BCUT2D eigenvalue weighted by atomic mass is 10.1. The van der Waals surface area contributed by atoms with Crippen LogP contribution in [0.25, 0.3) is 0 Å². The van der Waals surface area contributed by atoms with Gasteiger partial charge < -0.3 is 10.1 Å². The molecule has 1 saturated carbocycles. The van der Waals surface area contributed by atoms with E-state index in [1.807, 2.05) is 0 Å². The van der Waals surface area contributed by atoms with Gasteiger partial charge in [0.1, 0.15) is 4.90 Å². The third kappa shape index (κ3) is 3.94. The molecule has 9 heteroatoms. The van der Waals surface area contributed by atoms with Crippen LogP contribution in [0.1, 0.15) is 26.2 Å². The summed E-state index contributed by atoms with van der Waals surface area (Å²) in [5.74, 6) is 0.592. The number of nitrogens with one attached hydrogen (secondary N) is 1. The van der Waals surface area contributed by atoms with Crippen LogP contribution in [-0.4, -0.2) is 50.0 Å². The second-order valence-electron chi connectivity index (χ2n) is 6.71. The van der Waals surface area contributed by atoms with Gasteiger partial charge in [0.15, 0.2) is 0 Å². The molecule has 0 radical (unpaired) electrons. The van der Waals surface area contributed by atoms with E-state index in [4.69, 9.17) is 4.74 Å². The van der Waals surface area contributed by atoms with Gasteiger partial charge in [0.2, 0.25) is 10.0 Å². The van der Waals surface area contributed by atoms with Crippen LogP contribution in [0.15, 0.2) is 23.1 Å². The first-order valence-corrected chi connectivity index (χ1v) is 9.95. The fourth-order valence-electron chi connectivity index (χ4n) is 3.44. The highest BCUT2D eigenvalue weighted by Gasteiger charge is 2.31. The van der Waals surface area contributed by atoms with Crippen molar-refractivity contribution in [1.29, 1.82) is 0 Å². The van der Waals surface area contributed by atoms with Crippen molar-refractivity contribution in [2.24, 2.45) is 5.92 Å². The molecule has 25 heavy (non-hydrogen) atoms. The Labute approximate surface area is 147 Å².